The van der Waals surface area contributed by atoms with Crippen LogP contribution >= 0.6 is 23.9 Å². The van der Waals surface area contributed by atoms with Gasteiger partial charge < -0.3 is 14.6 Å². The van der Waals surface area contributed by atoms with Crippen molar-refractivity contribution in [2.75, 3.05) is 12.4 Å². The first kappa shape index (κ1) is 25.9. The molecule has 3 rings (SSSR count). The number of fused-ring (bicyclic) bond motifs is 1. The molecule has 0 saturated carbocycles. The second kappa shape index (κ2) is 10.5. The van der Waals surface area contributed by atoms with Crippen molar-refractivity contribution in [3.05, 3.63) is 41.1 Å². The van der Waals surface area contributed by atoms with Crippen LogP contribution in [-0.2, 0) is 29.1 Å². The number of hydrogen-bond donors (Lipinski definition) is 1. The van der Waals surface area contributed by atoms with Gasteiger partial charge in [-0.2, -0.15) is 4.40 Å². The van der Waals surface area contributed by atoms with Crippen molar-refractivity contribution in [1.82, 2.24) is 9.03 Å². The number of carbonyl (C=O) groups is 3. The molecule has 0 radical (unpaired) electrons. The maximum Gasteiger partial charge on any atom is 1.00 e. The number of carbonyl (C=O) groups excluding carboxylic acids is 3. The summed E-state index contributed by atoms with van der Waals surface area (Å²) in [7, 11) is -3.84. The van der Waals surface area contributed by atoms with Crippen LogP contribution in [0.3, 0.4) is 0 Å². The van der Waals surface area contributed by atoms with Gasteiger partial charge >= 0.3 is 35.5 Å². The van der Waals surface area contributed by atoms with E-state index in [-0.39, 0.29) is 63.8 Å². The van der Waals surface area contributed by atoms with Gasteiger partial charge in [-0.05, 0) is 19.1 Å². The minimum atomic E-state index is -3.84. The van der Waals surface area contributed by atoms with E-state index in [1.807, 2.05) is 6.92 Å². The van der Waals surface area contributed by atoms with E-state index >= 15 is 0 Å². The summed E-state index contributed by atoms with van der Waals surface area (Å²) in [5.41, 5.74) is 0.809. The first-order valence-electron chi connectivity index (χ1n) is 8.46. The van der Waals surface area contributed by atoms with Crippen LogP contribution in [0.2, 0.25) is 0 Å². The monoisotopic (exact) mass is 493 g/mol. The van der Waals surface area contributed by atoms with E-state index in [0.717, 1.165) is 10.5 Å². The van der Waals surface area contributed by atoms with Crippen LogP contribution in [0.4, 0.5) is 0 Å². The number of ether oxygens (including phenoxy) is 1. The number of nitrogens with zero attached hydrogens (tertiary/aromatic N) is 2. The summed E-state index contributed by atoms with van der Waals surface area (Å²) in [6.07, 6.45) is 0. The number of esters is 1. The van der Waals surface area contributed by atoms with E-state index in [2.05, 4.69) is 8.53 Å². The molecule has 0 aliphatic carbocycles. The Kier molecular flexibility index (Phi) is 8.78. The van der Waals surface area contributed by atoms with Gasteiger partial charge in [0, 0.05) is 18.2 Å². The Morgan fingerprint density at radius 1 is 1.35 bits per heavy atom. The Morgan fingerprint density at radius 2 is 2.00 bits per heavy atom. The molecule has 2 aliphatic rings. The quantitative estimate of drug-likeness (QED) is 0.179. The van der Waals surface area contributed by atoms with Gasteiger partial charge in [0.2, 0.25) is 0 Å². The number of aryl methyl sites for hydroxylation is 1. The van der Waals surface area contributed by atoms with E-state index in [0.29, 0.717) is 12.1 Å². The molecule has 10 nitrogen and oxygen atoms in total. The second-order valence-corrected chi connectivity index (χ2v) is 9.90. The Labute approximate surface area is 209 Å². The Bertz CT molecular complexity index is 1070. The molecule has 1 aromatic rings. The molecule has 1 fully saturated rings. The summed E-state index contributed by atoms with van der Waals surface area (Å²) in [5, 5.41) is 10.8. The molecule has 2 heterocycles. The van der Waals surface area contributed by atoms with Crippen LogP contribution in [0.15, 0.2) is 44.8 Å². The van der Waals surface area contributed by atoms with E-state index in [1.54, 1.807) is 12.1 Å². The van der Waals surface area contributed by atoms with Crippen LogP contribution < -0.4 is 38.8 Å². The predicted molar refractivity (Wildman–Crippen MR) is 108 cm³/mol. The van der Waals surface area contributed by atoms with E-state index in [9.17, 15) is 27.9 Å². The number of aliphatic carboxylic acids is 1. The molecule has 0 aromatic heterocycles. The summed E-state index contributed by atoms with van der Waals surface area (Å²) in [6, 6.07) is 6.19. The van der Waals surface area contributed by atoms with Gasteiger partial charge in [-0.15, -0.1) is 15.9 Å². The van der Waals surface area contributed by atoms with Crippen molar-refractivity contribution in [3.63, 3.8) is 0 Å². The molecule has 0 bridgehead atoms. The average molecular weight is 494 g/mol. The maximum absolute atomic E-state index is 12.4. The zero-order chi connectivity index (χ0) is 22.1. The molecule has 1 amide bonds. The normalized spacial score (nSPS) is 19.4. The Balaban J connectivity index is 0.00000341. The zero-order valence-electron chi connectivity index (χ0n) is 16.8. The number of β-lactam (4-membered cyclic amide) rings is 1. The Morgan fingerprint density at radius 3 is 2.58 bits per heavy atom. The summed E-state index contributed by atoms with van der Waals surface area (Å²) in [5.74, 6) is -2.65. The van der Waals surface area contributed by atoms with Gasteiger partial charge in [-0.1, -0.05) is 17.7 Å². The fourth-order valence-corrected chi connectivity index (χ4v) is 5.69. The number of rotatable bonds is 7. The third-order valence-corrected chi connectivity index (χ3v) is 7.78. The molecule has 0 unspecified atom stereocenters. The fraction of sp³-hybridized carbons (Fsp3) is 0.294. The molecule has 1 N–H and O–H groups in total. The first-order valence-corrected chi connectivity index (χ1v) is 11.8. The molecule has 1 saturated heterocycles. The number of carboxylic acids is 1. The van der Waals surface area contributed by atoms with E-state index < -0.39 is 33.2 Å². The minimum Gasteiger partial charge on any atom is -0.543 e. The average Bonchev–Trinajstić information content (AvgIpc) is 2.68. The van der Waals surface area contributed by atoms with Crippen molar-refractivity contribution < 1.29 is 62.2 Å². The van der Waals surface area contributed by atoms with Gasteiger partial charge in [0.1, 0.15) is 17.7 Å². The summed E-state index contributed by atoms with van der Waals surface area (Å²) < 4.78 is 35.5. The minimum absolute atomic E-state index is 0. The topological polar surface area (TPSA) is 145 Å². The molecule has 2 aliphatic heterocycles. The van der Waals surface area contributed by atoms with Crippen molar-refractivity contribution in [1.29, 1.82) is 0 Å². The molecular formula is C17H16N3NaO7S3. The third-order valence-electron chi connectivity index (χ3n) is 4.16. The van der Waals surface area contributed by atoms with Crippen molar-refractivity contribution in [2.45, 2.75) is 24.1 Å². The number of amides is 1. The number of benzene rings is 1. The van der Waals surface area contributed by atoms with Gasteiger partial charge in [-0.3, -0.25) is 14.5 Å². The smallest absolute Gasteiger partial charge is 0.543 e. The maximum atomic E-state index is 12.4. The van der Waals surface area contributed by atoms with Crippen LogP contribution in [-0.4, -0.2) is 54.6 Å². The Hall–Kier alpha value is -1.35. The number of sulfonamides is 1. The molecule has 1 aromatic carbocycles. The van der Waals surface area contributed by atoms with Crippen molar-refractivity contribution >= 4 is 57.5 Å². The zero-order valence-corrected chi connectivity index (χ0v) is 21.2. The van der Waals surface area contributed by atoms with Crippen molar-refractivity contribution in [2.24, 2.45) is 4.40 Å². The molecule has 31 heavy (non-hydrogen) atoms. The van der Waals surface area contributed by atoms with Gasteiger partial charge in [-0.25, -0.2) is 8.42 Å². The first-order chi connectivity index (χ1) is 14.1. The summed E-state index contributed by atoms with van der Waals surface area (Å²) >= 11 is 1.67. The number of thioether (sulfide) groups is 1. The molecule has 1 atom stereocenters. The standard InChI is InChI=1S/C17H17N3O7S3.Na/c1-9-3-5-12(6-4-9)30(25,26)19-29-18-13-15(22)20-14(17(23)24)11(7-27-10(2)21)8-28-16(13)20;/h3-6,16,19H,7-8H2,1-2H3,(H,23,24);/q;+1/p-1/b18-13-;/t16-;/m1./s1. The van der Waals surface area contributed by atoms with Crippen LogP contribution in [0, 0.1) is 6.92 Å². The predicted octanol–water partition coefficient (Wildman–Crippen LogP) is -3.24. The molecule has 0 spiro atoms. The number of nitrogens with one attached hydrogen (secondary N) is 1. The third kappa shape index (κ3) is 5.72. The number of carboxylic acid groups (broad SMARTS) is 1. The SMILES string of the molecule is CC(=O)OCC1=C(C(=O)[O-])N2C(=O)/C(=N/SNS(=O)(=O)c3ccc(C)cc3)[C@H]2SC1.[Na+]. The largest absolute Gasteiger partial charge is 1.00 e. The number of hydrogen-bond acceptors (Lipinski definition) is 10. The van der Waals surface area contributed by atoms with Gasteiger partial charge in [0.15, 0.2) is 0 Å². The fourth-order valence-electron chi connectivity index (χ4n) is 2.69. The van der Waals surface area contributed by atoms with E-state index in [4.69, 9.17) is 4.74 Å². The van der Waals surface area contributed by atoms with Gasteiger partial charge in [0.05, 0.1) is 28.7 Å². The van der Waals surface area contributed by atoms with Crippen LogP contribution in [0.5, 0.6) is 0 Å². The summed E-state index contributed by atoms with van der Waals surface area (Å²) in [4.78, 5) is 36.0. The van der Waals surface area contributed by atoms with Crippen LogP contribution in [0.1, 0.15) is 12.5 Å². The van der Waals surface area contributed by atoms with Gasteiger partial charge in [0.25, 0.3) is 15.9 Å². The van der Waals surface area contributed by atoms with E-state index in [1.165, 1.54) is 30.8 Å². The molecule has 14 heteroatoms. The van der Waals surface area contributed by atoms with Crippen LogP contribution in [0.25, 0.3) is 0 Å². The molecular weight excluding hydrogens is 477 g/mol. The van der Waals surface area contributed by atoms with Crippen molar-refractivity contribution in [3.8, 4) is 0 Å². The second-order valence-electron chi connectivity index (χ2n) is 6.33. The molecule has 160 valence electrons. The summed E-state index contributed by atoms with van der Waals surface area (Å²) in [6.45, 7) is 2.75.